The largest absolute Gasteiger partial charge is 0.399 e. The van der Waals surface area contributed by atoms with Crippen LogP contribution in [0.5, 0.6) is 0 Å². The Morgan fingerprint density at radius 2 is 2.00 bits per heavy atom. The van der Waals surface area contributed by atoms with Crippen molar-refractivity contribution in [2.24, 2.45) is 0 Å². The van der Waals surface area contributed by atoms with Crippen molar-refractivity contribution in [2.75, 3.05) is 51.3 Å². The smallest absolute Gasteiger partial charge is 0.141 e. The molecule has 4 nitrogen and oxygen atoms in total. The molecule has 1 unspecified atom stereocenters. The van der Waals surface area contributed by atoms with Gasteiger partial charge in [-0.3, -0.25) is 9.11 Å². The number of halogens is 1. The fourth-order valence-electron chi connectivity index (χ4n) is 2.10. The van der Waals surface area contributed by atoms with Gasteiger partial charge in [-0.05, 0) is 25.2 Å². The van der Waals surface area contributed by atoms with E-state index < -0.39 is 16.6 Å². The molecule has 1 saturated heterocycles. The number of rotatable bonds is 4. The van der Waals surface area contributed by atoms with Gasteiger partial charge >= 0.3 is 0 Å². The number of hydrogen-bond acceptors (Lipinski definition) is 4. The molecule has 2 N–H and O–H groups in total. The fourth-order valence-corrected chi connectivity index (χ4v) is 3.24. The van der Waals surface area contributed by atoms with Crippen LogP contribution in [-0.2, 0) is 10.8 Å². The van der Waals surface area contributed by atoms with Crippen LogP contribution in [0.2, 0.25) is 0 Å². The minimum Gasteiger partial charge on any atom is -0.399 e. The zero-order valence-electron chi connectivity index (χ0n) is 11.1. The number of piperazine rings is 1. The summed E-state index contributed by atoms with van der Waals surface area (Å²) in [7, 11) is 0.797. The summed E-state index contributed by atoms with van der Waals surface area (Å²) in [5, 5.41) is 0. The van der Waals surface area contributed by atoms with E-state index in [-0.39, 0.29) is 4.90 Å². The van der Waals surface area contributed by atoms with Crippen molar-refractivity contribution in [3.63, 3.8) is 0 Å². The van der Waals surface area contributed by atoms with Gasteiger partial charge < -0.3 is 10.6 Å². The molecule has 2 rings (SSSR count). The lowest BCUT2D eigenvalue weighted by Gasteiger charge is -2.32. The van der Waals surface area contributed by atoms with Crippen LogP contribution < -0.4 is 5.73 Å². The van der Waals surface area contributed by atoms with Gasteiger partial charge in [-0.1, -0.05) is 0 Å². The molecule has 0 saturated carbocycles. The third kappa shape index (κ3) is 3.99. The number of nitrogens with zero attached hydrogens (tertiary/aromatic N) is 2. The van der Waals surface area contributed by atoms with Gasteiger partial charge in [-0.2, -0.15) is 0 Å². The quantitative estimate of drug-likeness (QED) is 0.830. The van der Waals surface area contributed by atoms with E-state index in [1.807, 2.05) is 0 Å². The molecule has 1 atom stereocenters. The molecule has 0 spiro atoms. The van der Waals surface area contributed by atoms with Crippen molar-refractivity contribution in [3.05, 3.63) is 24.0 Å². The third-order valence-electron chi connectivity index (χ3n) is 3.39. The Hall–Kier alpha value is -0.980. The van der Waals surface area contributed by atoms with Gasteiger partial charge in [0, 0.05) is 44.2 Å². The summed E-state index contributed by atoms with van der Waals surface area (Å²) < 4.78 is 25.7. The highest BCUT2D eigenvalue weighted by molar-refractivity contribution is 7.85. The van der Waals surface area contributed by atoms with Crippen LogP contribution in [0.4, 0.5) is 10.1 Å². The van der Waals surface area contributed by atoms with Crippen LogP contribution in [0.15, 0.2) is 23.1 Å². The molecular weight excluding hydrogens is 265 g/mol. The molecule has 1 fully saturated rings. The van der Waals surface area contributed by atoms with Crippen molar-refractivity contribution in [2.45, 2.75) is 4.90 Å². The Kier molecular flexibility index (Phi) is 4.90. The van der Waals surface area contributed by atoms with E-state index in [4.69, 9.17) is 5.73 Å². The zero-order chi connectivity index (χ0) is 13.8. The monoisotopic (exact) mass is 285 g/mol. The molecule has 0 aromatic heterocycles. The van der Waals surface area contributed by atoms with E-state index >= 15 is 0 Å². The number of hydrogen-bond donors (Lipinski definition) is 1. The van der Waals surface area contributed by atoms with Crippen LogP contribution >= 0.6 is 0 Å². The molecule has 1 heterocycles. The number of nitrogens with two attached hydrogens (primary N) is 1. The second kappa shape index (κ2) is 6.45. The Balaban J connectivity index is 1.87. The lowest BCUT2D eigenvalue weighted by Crippen LogP contribution is -2.45. The van der Waals surface area contributed by atoms with Crippen molar-refractivity contribution < 1.29 is 8.60 Å². The minimum absolute atomic E-state index is 0.253. The maximum absolute atomic E-state index is 13.6. The Labute approximate surface area is 115 Å². The normalized spacial score (nSPS) is 19.5. The highest BCUT2D eigenvalue weighted by Crippen LogP contribution is 2.16. The maximum atomic E-state index is 13.6. The number of benzene rings is 1. The predicted octanol–water partition coefficient (Wildman–Crippen LogP) is 0.763. The number of nitrogen functional groups attached to an aromatic ring is 1. The van der Waals surface area contributed by atoms with E-state index in [9.17, 15) is 8.60 Å². The first kappa shape index (κ1) is 14.4. The van der Waals surface area contributed by atoms with Gasteiger partial charge in [0.15, 0.2) is 0 Å². The van der Waals surface area contributed by atoms with Gasteiger partial charge in [0.05, 0.1) is 15.7 Å². The first-order chi connectivity index (χ1) is 9.06. The minimum atomic E-state index is -1.30. The summed E-state index contributed by atoms with van der Waals surface area (Å²) in [6.45, 7) is 4.77. The standard InChI is InChI=1S/C13H20FN3OS/c1-16-4-6-17(7-5-16)8-9-19(18)13-3-2-11(15)10-12(13)14/h2-3,10H,4-9,15H2,1H3. The summed E-state index contributed by atoms with van der Waals surface area (Å²) >= 11 is 0. The Morgan fingerprint density at radius 3 is 2.63 bits per heavy atom. The van der Waals surface area contributed by atoms with Crippen LogP contribution in [0.1, 0.15) is 0 Å². The molecule has 1 aliphatic rings. The second-order valence-electron chi connectivity index (χ2n) is 4.88. The molecule has 19 heavy (non-hydrogen) atoms. The number of likely N-dealkylation sites (N-methyl/N-ethyl adjacent to an activating group) is 1. The van der Waals surface area contributed by atoms with Crippen LogP contribution in [0.25, 0.3) is 0 Å². The fraction of sp³-hybridized carbons (Fsp3) is 0.538. The average molecular weight is 285 g/mol. The van der Waals surface area contributed by atoms with Crippen LogP contribution in [-0.4, -0.2) is 59.5 Å². The predicted molar refractivity (Wildman–Crippen MR) is 76.0 cm³/mol. The van der Waals surface area contributed by atoms with Gasteiger partial charge in [0.2, 0.25) is 0 Å². The van der Waals surface area contributed by atoms with E-state index in [0.29, 0.717) is 11.4 Å². The van der Waals surface area contributed by atoms with Gasteiger partial charge in [-0.15, -0.1) is 0 Å². The van der Waals surface area contributed by atoms with Crippen molar-refractivity contribution >= 4 is 16.5 Å². The van der Waals surface area contributed by atoms with Crippen LogP contribution in [0, 0.1) is 5.82 Å². The van der Waals surface area contributed by atoms with Gasteiger partial charge in [-0.25, -0.2) is 4.39 Å². The van der Waals surface area contributed by atoms with Gasteiger partial charge in [0.1, 0.15) is 5.82 Å². The molecule has 1 aromatic carbocycles. The molecular formula is C13H20FN3OS. The van der Waals surface area contributed by atoms with Crippen molar-refractivity contribution in [1.29, 1.82) is 0 Å². The van der Waals surface area contributed by atoms with E-state index in [1.54, 1.807) is 6.07 Å². The SMILES string of the molecule is CN1CCN(CCS(=O)c2ccc(N)cc2F)CC1. The summed E-state index contributed by atoms with van der Waals surface area (Å²) in [4.78, 5) is 4.79. The van der Waals surface area contributed by atoms with Crippen LogP contribution in [0.3, 0.4) is 0 Å². The number of anilines is 1. The molecule has 0 bridgehead atoms. The molecule has 0 amide bonds. The average Bonchev–Trinajstić information content (AvgIpc) is 2.37. The van der Waals surface area contributed by atoms with Gasteiger partial charge in [0.25, 0.3) is 0 Å². The Morgan fingerprint density at radius 1 is 1.32 bits per heavy atom. The zero-order valence-corrected chi connectivity index (χ0v) is 12.0. The molecule has 0 aliphatic carbocycles. The summed E-state index contributed by atoms with van der Waals surface area (Å²) in [5.41, 5.74) is 5.84. The molecule has 6 heteroatoms. The first-order valence-electron chi connectivity index (χ1n) is 6.40. The topological polar surface area (TPSA) is 49.6 Å². The lowest BCUT2D eigenvalue weighted by atomic mass is 10.3. The Bertz CT molecular complexity index is 461. The summed E-state index contributed by atoms with van der Waals surface area (Å²) in [6, 6.07) is 4.33. The molecule has 106 valence electrons. The van der Waals surface area contributed by atoms with E-state index in [0.717, 1.165) is 32.7 Å². The van der Waals surface area contributed by atoms with E-state index in [1.165, 1.54) is 12.1 Å². The van der Waals surface area contributed by atoms with Crippen molar-refractivity contribution in [1.82, 2.24) is 9.80 Å². The maximum Gasteiger partial charge on any atom is 0.141 e. The summed E-state index contributed by atoms with van der Waals surface area (Å²) in [5.74, 6) is -0.0124. The molecule has 1 aliphatic heterocycles. The second-order valence-corrected chi connectivity index (χ2v) is 6.42. The van der Waals surface area contributed by atoms with E-state index in [2.05, 4.69) is 16.8 Å². The highest BCUT2D eigenvalue weighted by Gasteiger charge is 2.16. The highest BCUT2D eigenvalue weighted by atomic mass is 32.2. The molecule has 0 radical (unpaired) electrons. The van der Waals surface area contributed by atoms with Crippen molar-refractivity contribution in [3.8, 4) is 0 Å². The first-order valence-corrected chi connectivity index (χ1v) is 7.72. The third-order valence-corrected chi connectivity index (χ3v) is 4.77. The summed E-state index contributed by atoms with van der Waals surface area (Å²) in [6.07, 6.45) is 0. The molecule has 1 aromatic rings. The lowest BCUT2D eigenvalue weighted by molar-refractivity contribution is 0.161.